The van der Waals surface area contributed by atoms with Crippen LogP contribution in [0, 0.1) is 11.7 Å². The Hall–Kier alpha value is -2.73. The van der Waals surface area contributed by atoms with Crippen molar-refractivity contribution in [2.45, 2.75) is 26.3 Å². The van der Waals surface area contributed by atoms with Crippen LogP contribution in [-0.2, 0) is 16.1 Å². The normalized spacial score (nSPS) is 17.3. The minimum atomic E-state index is -0.237. The van der Waals surface area contributed by atoms with Crippen LogP contribution in [0.2, 0.25) is 0 Å². The fourth-order valence-corrected chi connectivity index (χ4v) is 3.35. The number of likely N-dealkylation sites (tertiary alicyclic amines) is 1. The first kappa shape index (κ1) is 19.0. The van der Waals surface area contributed by atoms with Gasteiger partial charge in [-0.1, -0.05) is 12.1 Å². The monoisotopic (exact) mass is 369 g/mol. The highest BCUT2D eigenvalue weighted by Crippen LogP contribution is 2.21. The topological polar surface area (TPSA) is 61.4 Å². The molecule has 1 unspecified atom stereocenters. The molecule has 142 valence electrons. The van der Waals surface area contributed by atoms with E-state index >= 15 is 0 Å². The van der Waals surface area contributed by atoms with E-state index in [0.717, 1.165) is 31.5 Å². The van der Waals surface area contributed by atoms with Gasteiger partial charge < -0.3 is 10.6 Å². The molecule has 1 saturated heterocycles. The van der Waals surface area contributed by atoms with E-state index in [1.807, 2.05) is 0 Å². The maximum absolute atomic E-state index is 13.0. The summed E-state index contributed by atoms with van der Waals surface area (Å²) in [5.74, 6) is -0.435. The van der Waals surface area contributed by atoms with E-state index in [9.17, 15) is 14.0 Å². The predicted octanol–water partition coefficient (Wildman–Crippen LogP) is 3.63. The molecule has 2 amide bonds. The number of nitrogens with one attached hydrogen (secondary N) is 2. The van der Waals surface area contributed by atoms with Crippen molar-refractivity contribution in [3.8, 4) is 0 Å². The quantitative estimate of drug-likeness (QED) is 0.846. The summed E-state index contributed by atoms with van der Waals surface area (Å²) in [7, 11) is 0. The van der Waals surface area contributed by atoms with Crippen LogP contribution in [0.15, 0.2) is 48.5 Å². The maximum atomic E-state index is 13.0. The number of carbonyl (C=O) groups is 2. The van der Waals surface area contributed by atoms with E-state index in [1.165, 1.54) is 19.1 Å². The second kappa shape index (κ2) is 8.77. The van der Waals surface area contributed by atoms with Crippen LogP contribution >= 0.6 is 0 Å². The van der Waals surface area contributed by atoms with Gasteiger partial charge in [0.15, 0.2) is 0 Å². The maximum Gasteiger partial charge on any atom is 0.228 e. The highest BCUT2D eigenvalue weighted by Gasteiger charge is 2.25. The number of anilines is 2. The van der Waals surface area contributed by atoms with E-state index < -0.39 is 0 Å². The summed E-state index contributed by atoms with van der Waals surface area (Å²) in [6.07, 6.45) is 1.82. The van der Waals surface area contributed by atoms with Crippen molar-refractivity contribution >= 4 is 23.2 Å². The van der Waals surface area contributed by atoms with Gasteiger partial charge in [0.2, 0.25) is 11.8 Å². The Morgan fingerprint density at radius 3 is 2.30 bits per heavy atom. The minimum absolute atomic E-state index is 0.00563. The Bertz CT molecular complexity index is 790. The van der Waals surface area contributed by atoms with Crippen molar-refractivity contribution in [2.24, 2.45) is 5.92 Å². The lowest BCUT2D eigenvalue weighted by Crippen LogP contribution is -2.40. The number of halogens is 1. The third-order valence-electron chi connectivity index (χ3n) is 4.67. The standard InChI is InChI=1S/C21H24FN3O2/c1-15(26)23-19-8-10-20(11-9-19)24-21(27)17-3-2-12-25(14-17)13-16-4-6-18(22)7-5-16/h4-11,17H,2-3,12-14H2,1H3,(H,23,26)(H,24,27). The Kier molecular flexibility index (Phi) is 6.19. The van der Waals surface area contributed by atoms with E-state index in [-0.39, 0.29) is 23.5 Å². The molecule has 1 aliphatic rings. The molecular formula is C21H24FN3O2. The Morgan fingerprint density at radius 2 is 1.67 bits per heavy atom. The molecule has 0 aromatic heterocycles. The van der Waals surface area contributed by atoms with Gasteiger partial charge in [0.05, 0.1) is 5.92 Å². The Morgan fingerprint density at radius 1 is 1.04 bits per heavy atom. The summed E-state index contributed by atoms with van der Waals surface area (Å²) in [5.41, 5.74) is 2.46. The lowest BCUT2D eigenvalue weighted by atomic mass is 9.96. The molecule has 0 saturated carbocycles. The second-order valence-corrected chi connectivity index (χ2v) is 6.95. The predicted molar refractivity (Wildman–Crippen MR) is 104 cm³/mol. The van der Waals surface area contributed by atoms with Crippen LogP contribution in [0.3, 0.4) is 0 Å². The number of carbonyl (C=O) groups excluding carboxylic acids is 2. The van der Waals surface area contributed by atoms with E-state index in [4.69, 9.17) is 0 Å². The minimum Gasteiger partial charge on any atom is -0.326 e. The highest BCUT2D eigenvalue weighted by molar-refractivity contribution is 5.93. The smallest absolute Gasteiger partial charge is 0.228 e. The molecule has 2 N–H and O–H groups in total. The number of hydrogen-bond donors (Lipinski definition) is 2. The first-order valence-electron chi connectivity index (χ1n) is 9.15. The molecule has 1 fully saturated rings. The van der Waals surface area contributed by atoms with Crippen LogP contribution in [0.5, 0.6) is 0 Å². The molecule has 0 spiro atoms. The van der Waals surface area contributed by atoms with Gasteiger partial charge in [0, 0.05) is 31.4 Å². The van der Waals surface area contributed by atoms with Gasteiger partial charge in [-0.25, -0.2) is 4.39 Å². The van der Waals surface area contributed by atoms with E-state index in [0.29, 0.717) is 17.9 Å². The van der Waals surface area contributed by atoms with Gasteiger partial charge in [-0.15, -0.1) is 0 Å². The van der Waals surface area contributed by atoms with Crippen molar-refractivity contribution in [2.75, 3.05) is 23.7 Å². The summed E-state index contributed by atoms with van der Waals surface area (Å²) in [4.78, 5) is 25.9. The molecule has 5 nitrogen and oxygen atoms in total. The van der Waals surface area contributed by atoms with Gasteiger partial charge in [-0.3, -0.25) is 14.5 Å². The van der Waals surface area contributed by atoms with Crippen LogP contribution in [-0.4, -0.2) is 29.8 Å². The summed E-state index contributed by atoms with van der Waals surface area (Å²) in [5, 5.41) is 5.66. The molecule has 2 aromatic rings. The van der Waals surface area contributed by atoms with Crippen LogP contribution in [0.1, 0.15) is 25.3 Å². The number of benzene rings is 2. The average Bonchev–Trinajstić information content (AvgIpc) is 2.65. The van der Waals surface area contributed by atoms with Gasteiger partial charge in [0.25, 0.3) is 0 Å². The van der Waals surface area contributed by atoms with E-state index in [2.05, 4.69) is 15.5 Å². The number of hydrogen-bond acceptors (Lipinski definition) is 3. The molecule has 1 atom stereocenters. The summed E-state index contributed by atoms with van der Waals surface area (Å²) in [6, 6.07) is 13.6. The fraction of sp³-hybridized carbons (Fsp3) is 0.333. The fourth-order valence-electron chi connectivity index (χ4n) is 3.35. The zero-order chi connectivity index (χ0) is 19.2. The number of rotatable bonds is 5. The molecule has 0 bridgehead atoms. The van der Waals surface area contributed by atoms with Crippen molar-refractivity contribution in [3.05, 3.63) is 59.9 Å². The molecule has 0 aliphatic carbocycles. The van der Waals surface area contributed by atoms with Crippen LogP contribution in [0.25, 0.3) is 0 Å². The lowest BCUT2D eigenvalue weighted by molar-refractivity contribution is -0.121. The molecule has 3 rings (SSSR count). The number of nitrogens with zero attached hydrogens (tertiary/aromatic N) is 1. The zero-order valence-electron chi connectivity index (χ0n) is 15.4. The molecule has 2 aromatic carbocycles. The highest BCUT2D eigenvalue weighted by atomic mass is 19.1. The van der Waals surface area contributed by atoms with Gasteiger partial charge in [-0.2, -0.15) is 0 Å². The molecule has 1 aliphatic heterocycles. The van der Waals surface area contributed by atoms with Crippen LogP contribution < -0.4 is 10.6 Å². The summed E-state index contributed by atoms with van der Waals surface area (Å²) < 4.78 is 13.0. The Labute approximate surface area is 158 Å². The number of amides is 2. The molecule has 1 heterocycles. The van der Waals surface area contributed by atoms with Crippen molar-refractivity contribution in [3.63, 3.8) is 0 Å². The second-order valence-electron chi connectivity index (χ2n) is 6.95. The van der Waals surface area contributed by atoms with E-state index in [1.54, 1.807) is 36.4 Å². The summed E-state index contributed by atoms with van der Waals surface area (Å²) >= 11 is 0. The zero-order valence-corrected chi connectivity index (χ0v) is 15.4. The summed E-state index contributed by atoms with van der Waals surface area (Å²) in [6.45, 7) is 3.80. The van der Waals surface area contributed by atoms with Gasteiger partial charge >= 0.3 is 0 Å². The first-order chi connectivity index (χ1) is 13.0. The first-order valence-corrected chi connectivity index (χ1v) is 9.15. The van der Waals surface area contributed by atoms with Gasteiger partial charge in [-0.05, 0) is 61.3 Å². The molecule has 27 heavy (non-hydrogen) atoms. The largest absolute Gasteiger partial charge is 0.326 e. The van der Waals surface area contributed by atoms with Crippen molar-refractivity contribution < 1.29 is 14.0 Å². The lowest BCUT2D eigenvalue weighted by Gasteiger charge is -2.32. The average molecular weight is 369 g/mol. The third kappa shape index (κ3) is 5.62. The van der Waals surface area contributed by atoms with Crippen molar-refractivity contribution in [1.29, 1.82) is 0 Å². The molecule has 6 heteroatoms. The Balaban J connectivity index is 1.54. The molecular weight excluding hydrogens is 345 g/mol. The van der Waals surface area contributed by atoms with Gasteiger partial charge in [0.1, 0.15) is 5.82 Å². The third-order valence-corrected chi connectivity index (χ3v) is 4.67. The SMILES string of the molecule is CC(=O)Nc1ccc(NC(=O)C2CCCN(Cc3ccc(F)cc3)C2)cc1. The van der Waals surface area contributed by atoms with Crippen molar-refractivity contribution in [1.82, 2.24) is 4.90 Å². The van der Waals surface area contributed by atoms with Crippen LogP contribution in [0.4, 0.5) is 15.8 Å². The number of piperidine rings is 1. The molecule has 0 radical (unpaired) electrons.